The fourth-order valence-electron chi connectivity index (χ4n) is 2.36. The van der Waals surface area contributed by atoms with Gasteiger partial charge in [-0.2, -0.15) is 0 Å². The first kappa shape index (κ1) is 13.8. The Morgan fingerprint density at radius 3 is 2.68 bits per heavy atom. The molecule has 0 heterocycles. The van der Waals surface area contributed by atoms with Gasteiger partial charge in [-0.25, -0.2) is 8.78 Å². The van der Waals surface area contributed by atoms with Crippen molar-refractivity contribution in [2.45, 2.75) is 32.6 Å². The monoisotopic (exact) mass is 268 g/mol. The van der Waals surface area contributed by atoms with Crippen LogP contribution in [0.5, 0.6) is 0 Å². The summed E-state index contributed by atoms with van der Waals surface area (Å²) in [4.78, 5) is 11.9. The van der Waals surface area contributed by atoms with Crippen LogP contribution in [0.15, 0.2) is 12.1 Å². The van der Waals surface area contributed by atoms with Crippen LogP contribution < -0.4 is 11.1 Å². The molecule has 1 aliphatic rings. The van der Waals surface area contributed by atoms with Crippen molar-refractivity contribution in [3.8, 4) is 0 Å². The van der Waals surface area contributed by atoms with E-state index in [1.54, 1.807) is 0 Å². The molecule has 5 heteroatoms. The van der Waals surface area contributed by atoms with Gasteiger partial charge in [0.05, 0.1) is 11.3 Å². The van der Waals surface area contributed by atoms with Crippen molar-refractivity contribution in [1.82, 2.24) is 5.32 Å². The maximum atomic E-state index is 13.7. The predicted molar refractivity (Wildman–Crippen MR) is 69.7 cm³/mol. The summed E-state index contributed by atoms with van der Waals surface area (Å²) in [6.45, 7) is 2.60. The molecule has 3 N–H and O–H groups in total. The largest absolute Gasteiger partial charge is 0.396 e. The molecule has 0 spiro atoms. The van der Waals surface area contributed by atoms with Crippen LogP contribution in [0.2, 0.25) is 0 Å². The summed E-state index contributed by atoms with van der Waals surface area (Å²) in [6, 6.07) is 1.74. The Labute approximate surface area is 111 Å². The molecule has 0 atom stereocenters. The molecule has 0 aromatic heterocycles. The number of hydrogen-bond acceptors (Lipinski definition) is 2. The smallest absolute Gasteiger partial charge is 0.254 e. The van der Waals surface area contributed by atoms with Gasteiger partial charge in [-0.05, 0) is 36.8 Å². The summed E-state index contributed by atoms with van der Waals surface area (Å²) >= 11 is 0. The summed E-state index contributed by atoms with van der Waals surface area (Å²) in [5, 5.41) is 2.68. The van der Waals surface area contributed by atoms with Gasteiger partial charge in [-0.1, -0.05) is 13.3 Å². The van der Waals surface area contributed by atoms with Crippen molar-refractivity contribution in [2.75, 3.05) is 12.3 Å². The van der Waals surface area contributed by atoms with E-state index in [-0.39, 0.29) is 16.7 Å². The molecule has 1 saturated carbocycles. The maximum Gasteiger partial charge on any atom is 0.254 e. The quantitative estimate of drug-likeness (QED) is 0.807. The van der Waals surface area contributed by atoms with Gasteiger partial charge in [0.15, 0.2) is 5.82 Å². The minimum Gasteiger partial charge on any atom is -0.396 e. The van der Waals surface area contributed by atoms with Crippen LogP contribution in [0.4, 0.5) is 14.5 Å². The van der Waals surface area contributed by atoms with Crippen molar-refractivity contribution < 1.29 is 13.6 Å². The highest BCUT2D eigenvalue weighted by atomic mass is 19.1. The molecule has 3 nitrogen and oxygen atoms in total. The Kier molecular flexibility index (Phi) is 3.73. The molecule has 1 amide bonds. The van der Waals surface area contributed by atoms with Crippen molar-refractivity contribution in [1.29, 1.82) is 0 Å². The topological polar surface area (TPSA) is 55.1 Å². The first-order valence-corrected chi connectivity index (χ1v) is 6.50. The number of nitrogens with two attached hydrogens (primary N) is 1. The number of anilines is 1. The molecule has 0 aliphatic heterocycles. The highest BCUT2D eigenvalue weighted by Gasteiger charge is 2.41. The van der Waals surface area contributed by atoms with E-state index in [2.05, 4.69) is 12.2 Å². The third-order valence-corrected chi connectivity index (χ3v) is 3.67. The van der Waals surface area contributed by atoms with E-state index in [0.717, 1.165) is 37.8 Å². The van der Waals surface area contributed by atoms with Gasteiger partial charge >= 0.3 is 0 Å². The third kappa shape index (κ3) is 3.03. The van der Waals surface area contributed by atoms with Crippen molar-refractivity contribution in [3.63, 3.8) is 0 Å². The Morgan fingerprint density at radius 2 is 2.11 bits per heavy atom. The van der Waals surface area contributed by atoms with Crippen molar-refractivity contribution in [2.24, 2.45) is 5.41 Å². The van der Waals surface area contributed by atoms with Crippen LogP contribution in [0.1, 0.15) is 43.0 Å². The highest BCUT2D eigenvalue weighted by Crippen LogP contribution is 2.48. The first-order chi connectivity index (χ1) is 8.97. The average molecular weight is 268 g/mol. The Morgan fingerprint density at radius 1 is 1.42 bits per heavy atom. The zero-order chi connectivity index (χ0) is 14.0. The molecule has 0 saturated heterocycles. The van der Waals surface area contributed by atoms with E-state index >= 15 is 0 Å². The van der Waals surface area contributed by atoms with Crippen molar-refractivity contribution >= 4 is 11.6 Å². The second-order valence-corrected chi connectivity index (χ2v) is 5.29. The molecule has 1 fully saturated rings. The third-order valence-electron chi connectivity index (χ3n) is 3.67. The normalized spacial score (nSPS) is 16.2. The SMILES string of the molecule is CCCC1(CNC(=O)c2cc(F)cc(N)c2F)CC1. The van der Waals surface area contributed by atoms with Crippen LogP contribution in [-0.4, -0.2) is 12.5 Å². The summed E-state index contributed by atoms with van der Waals surface area (Å²) in [7, 11) is 0. The van der Waals surface area contributed by atoms with Gasteiger partial charge in [-0.3, -0.25) is 4.79 Å². The van der Waals surface area contributed by atoms with E-state index in [9.17, 15) is 13.6 Å². The number of rotatable bonds is 5. The molecule has 0 radical (unpaired) electrons. The zero-order valence-electron chi connectivity index (χ0n) is 10.9. The molecule has 1 aromatic carbocycles. The number of nitrogens with one attached hydrogen (secondary N) is 1. The lowest BCUT2D eigenvalue weighted by atomic mass is 10.0. The number of carbonyl (C=O) groups is 1. The van der Waals surface area contributed by atoms with Gasteiger partial charge in [0.25, 0.3) is 5.91 Å². The van der Waals surface area contributed by atoms with Gasteiger partial charge in [0, 0.05) is 6.54 Å². The minimum atomic E-state index is -0.862. The highest BCUT2D eigenvalue weighted by molar-refractivity contribution is 5.95. The molecule has 19 heavy (non-hydrogen) atoms. The molecular formula is C14H18F2N2O. The van der Waals surface area contributed by atoms with Gasteiger partial charge in [0.2, 0.25) is 0 Å². The Hall–Kier alpha value is -1.65. The van der Waals surface area contributed by atoms with E-state index in [0.29, 0.717) is 6.54 Å². The van der Waals surface area contributed by atoms with Crippen LogP contribution in [0, 0.1) is 17.0 Å². The molecule has 2 rings (SSSR count). The molecule has 1 aromatic rings. The van der Waals surface area contributed by atoms with Crippen molar-refractivity contribution in [3.05, 3.63) is 29.3 Å². The number of hydrogen-bond donors (Lipinski definition) is 2. The number of nitrogen functional groups attached to an aromatic ring is 1. The van der Waals surface area contributed by atoms with Crippen LogP contribution in [0.3, 0.4) is 0 Å². The van der Waals surface area contributed by atoms with E-state index in [4.69, 9.17) is 5.73 Å². The number of amides is 1. The summed E-state index contributed by atoms with van der Waals surface area (Å²) in [5.74, 6) is -2.18. The second kappa shape index (κ2) is 5.15. The maximum absolute atomic E-state index is 13.7. The lowest BCUT2D eigenvalue weighted by Crippen LogP contribution is -2.31. The van der Waals surface area contributed by atoms with Crippen LogP contribution in [-0.2, 0) is 0 Å². The van der Waals surface area contributed by atoms with E-state index < -0.39 is 17.5 Å². The fraction of sp³-hybridized carbons (Fsp3) is 0.500. The fourth-order valence-corrected chi connectivity index (χ4v) is 2.36. The summed E-state index contributed by atoms with van der Waals surface area (Å²) in [6.07, 6.45) is 4.25. The zero-order valence-corrected chi connectivity index (χ0v) is 10.9. The van der Waals surface area contributed by atoms with Crippen LogP contribution in [0.25, 0.3) is 0 Å². The minimum absolute atomic E-state index is 0.166. The summed E-state index contributed by atoms with van der Waals surface area (Å²) in [5.41, 5.74) is 4.80. The molecular weight excluding hydrogens is 250 g/mol. The standard InChI is InChI=1S/C14H18F2N2O/c1-2-3-14(4-5-14)8-18-13(19)10-6-9(15)7-11(17)12(10)16/h6-7H,2-5,8,17H2,1H3,(H,18,19). The van der Waals surface area contributed by atoms with E-state index in [1.165, 1.54) is 0 Å². The lowest BCUT2D eigenvalue weighted by Gasteiger charge is -2.15. The number of benzene rings is 1. The number of carbonyl (C=O) groups excluding carboxylic acids is 1. The predicted octanol–water partition coefficient (Wildman–Crippen LogP) is 2.86. The van der Waals surface area contributed by atoms with E-state index in [1.807, 2.05) is 0 Å². The number of halogens is 2. The van der Waals surface area contributed by atoms with Gasteiger partial charge < -0.3 is 11.1 Å². The second-order valence-electron chi connectivity index (χ2n) is 5.29. The first-order valence-electron chi connectivity index (χ1n) is 6.50. The van der Waals surface area contributed by atoms with Gasteiger partial charge in [-0.15, -0.1) is 0 Å². The summed E-state index contributed by atoms with van der Waals surface area (Å²) < 4.78 is 26.8. The van der Waals surface area contributed by atoms with Crippen LogP contribution >= 0.6 is 0 Å². The molecule has 0 bridgehead atoms. The Bertz CT molecular complexity index is 498. The average Bonchev–Trinajstić information content (AvgIpc) is 3.12. The Balaban J connectivity index is 2.04. The molecule has 104 valence electrons. The molecule has 0 unspecified atom stereocenters. The van der Waals surface area contributed by atoms with Gasteiger partial charge in [0.1, 0.15) is 5.82 Å². The molecule has 1 aliphatic carbocycles. The lowest BCUT2D eigenvalue weighted by molar-refractivity contribution is 0.0939.